The van der Waals surface area contributed by atoms with Crippen LogP contribution in [-0.4, -0.2) is 11.7 Å². The smallest absolute Gasteiger partial charge is 0.128 e. The summed E-state index contributed by atoms with van der Waals surface area (Å²) in [6.45, 7) is 3.38. The van der Waals surface area contributed by atoms with Crippen LogP contribution in [0.4, 0.5) is 4.39 Å². The van der Waals surface area contributed by atoms with Crippen LogP contribution < -0.4 is 5.73 Å². The van der Waals surface area contributed by atoms with Crippen LogP contribution in [0.3, 0.4) is 0 Å². The quantitative estimate of drug-likeness (QED) is 0.728. The maximum absolute atomic E-state index is 13.4. The zero-order valence-corrected chi connectivity index (χ0v) is 7.84. The fourth-order valence-corrected chi connectivity index (χ4v) is 1.49. The van der Waals surface area contributed by atoms with E-state index in [4.69, 9.17) is 10.8 Å². The lowest BCUT2D eigenvalue weighted by atomic mass is 9.99. The second kappa shape index (κ2) is 3.85. The van der Waals surface area contributed by atoms with Gasteiger partial charge in [0.15, 0.2) is 0 Å². The van der Waals surface area contributed by atoms with Crippen LogP contribution >= 0.6 is 0 Å². The molecule has 3 N–H and O–H groups in total. The van der Waals surface area contributed by atoms with Crippen molar-refractivity contribution in [2.24, 2.45) is 5.73 Å². The van der Waals surface area contributed by atoms with Crippen LogP contribution in [0.15, 0.2) is 12.1 Å². The highest BCUT2D eigenvalue weighted by Gasteiger charge is 2.13. The number of hydrogen-bond donors (Lipinski definition) is 2. The standard InChI is InChI=1S/C10H14FNO/c1-6-3-7(2)10(8(11)4-6)9(12)5-13/h3-4,9,13H,5,12H2,1-2H3. The lowest BCUT2D eigenvalue weighted by molar-refractivity contribution is 0.265. The van der Waals surface area contributed by atoms with Gasteiger partial charge in [0.25, 0.3) is 0 Å². The minimum atomic E-state index is -0.624. The number of aliphatic hydroxyl groups is 1. The molecular weight excluding hydrogens is 169 g/mol. The Morgan fingerprint density at radius 2 is 2.08 bits per heavy atom. The van der Waals surface area contributed by atoms with E-state index >= 15 is 0 Å². The second-order valence-corrected chi connectivity index (χ2v) is 3.27. The molecule has 0 aliphatic rings. The Morgan fingerprint density at radius 1 is 1.46 bits per heavy atom. The summed E-state index contributed by atoms with van der Waals surface area (Å²) >= 11 is 0. The first-order chi connectivity index (χ1) is 6.06. The molecule has 1 atom stereocenters. The van der Waals surface area contributed by atoms with Gasteiger partial charge in [-0.25, -0.2) is 4.39 Å². The van der Waals surface area contributed by atoms with Gasteiger partial charge in [-0.1, -0.05) is 6.07 Å². The van der Waals surface area contributed by atoms with Gasteiger partial charge in [0.05, 0.1) is 12.6 Å². The fraction of sp³-hybridized carbons (Fsp3) is 0.400. The van der Waals surface area contributed by atoms with Crippen molar-refractivity contribution in [2.45, 2.75) is 19.9 Å². The van der Waals surface area contributed by atoms with E-state index in [0.717, 1.165) is 11.1 Å². The van der Waals surface area contributed by atoms with Gasteiger partial charge in [0.2, 0.25) is 0 Å². The lowest BCUT2D eigenvalue weighted by Gasteiger charge is -2.13. The van der Waals surface area contributed by atoms with E-state index in [-0.39, 0.29) is 12.4 Å². The summed E-state index contributed by atoms with van der Waals surface area (Å²) in [5, 5.41) is 8.81. The third kappa shape index (κ3) is 2.05. The molecular formula is C10H14FNO. The number of benzene rings is 1. The van der Waals surface area contributed by atoms with Crippen LogP contribution in [0.1, 0.15) is 22.7 Å². The largest absolute Gasteiger partial charge is 0.394 e. The van der Waals surface area contributed by atoms with Gasteiger partial charge < -0.3 is 10.8 Å². The Labute approximate surface area is 77.2 Å². The highest BCUT2D eigenvalue weighted by atomic mass is 19.1. The second-order valence-electron chi connectivity index (χ2n) is 3.27. The Hall–Kier alpha value is -0.930. The highest BCUT2D eigenvalue weighted by Crippen LogP contribution is 2.20. The zero-order valence-electron chi connectivity index (χ0n) is 7.84. The van der Waals surface area contributed by atoms with Gasteiger partial charge in [-0.2, -0.15) is 0 Å². The van der Waals surface area contributed by atoms with E-state index in [1.807, 2.05) is 13.0 Å². The van der Waals surface area contributed by atoms with E-state index in [1.165, 1.54) is 6.07 Å². The first-order valence-corrected chi connectivity index (χ1v) is 4.19. The first-order valence-electron chi connectivity index (χ1n) is 4.19. The topological polar surface area (TPSA) is 46.2 Å². The van der Waals surface area contributed by atoms with Crippen molar-refractivity contribution in [3.8, 4) is 0 Å². The van der Waals surface area contributed by atoms with Crippen LogP contribution in [0.25, 0.3) is 0 Å². The predicted molar refractivity (Wildman–Crippen MR) is 49.9 cm³/mol. The van der Waals surface area contributed by atoms with Gasteiger partial charge in [-0.05, 0) is 31.0 Å². The van der Waals surface area contributed by atoms with Crippen molar-refractivity contribution in [3.05, 3.63) is 34.6 Å². The number of hydrogen-bond acceptors (Lipinski definition) is 2. The molecule has 0 saturated heterocycles. The van der Waals surface area contributed by atoms with Gasteiger partial charge in [-0.15, -0.1) is 0 Å². The number of nitrogens with two attached hydrogens (primary N) is 1. The molecule has 72 valence electrons. The fourth-order valence-electron chi connectivity index (χ4n) is 1.49. The predicted octanol–water partition coefficient (Wildman–Crippen LogP) is 1.43. The Kier molecular flexibility index (Phi) is 3.01. The van der Waals surface area contributed by atoms with Crippen molar-refractivity contribution < 1.29 is 9.50 Å². The Balaban J connectivity index is 3.20. The first kappa shape index (κ1) is 10.2. The molecule has 1 aromatic rings. The van der Waals surface area contributed by atoms with E-state index in [2.05, 4.69) is 0 Å². The molecule has 0 fully saturated rings. The third-order valence-electron chi connectivity index (χ3n) is 2.05. The van der Waals surface area contributed by atoms with Gasteiger partial charge in [0.1, 0.15) is 5.82 Å². The molecule has 0 amide bonds. The van der Waals surface area contributed by atoms with E-state index in [1.54, 1.807) is 6.92 Å². The number of aliphatic hydroxyl groups excluding tert-OH is 1. The lowest BCUT2D eigenvalue weighted by Crippen LogP contribution is -2.17. The maximum atomic E-state index is 13.4. The molecule has 0 aliphatic carbocycles. The van der Waals surface area contributed by atoms with Gasteiger partial charge in [-0.3, -0.25) is 0 Å². The molecule has 0 heterocycles. The zero-order chi connectivity index (χ0) is 10.0. The molecule has 0 aromatic heterocycles. The molecule has 0 radical (unpaired) electrons. The van der Waals surface area contributed by atoms with Crippen molar-refractivity contribution in [2.75, 3.05) is 6.61 Å². The molecule has 0 aliphatic heterocycles. The van der Waals surface area contributed by atoms with Gasteiger partial charge in [0, 0.05) is 5.56 Å². The highest BCUT2D eigenvalue weighted by molar-refractivity contribution is 5.34. The summed E-state index contributed by atoms with van der Waals surface area (Å²) in [7, 11) is 0. The molecule has 0 bridgehead atoms. The van der Waals surface area contributed by atoms with E-state index < -0.39 is 6.04 Å². The Morgan fingerprint density at radius 3 is 2.54 bits per heavy atom. The molecule has 13 heavy (non-hydrogen) atoms. The SMILES string of the molecule is Cc1cc(C)c(C(N)CO)c(F)c1. The summed E-state index contributed by atoms with van der Waals surface area (Å²) in [5.74, 6) is -0.334. The van der Waals surface area contributed by atoms with Crippen molar-refractivity contribution >= 4 is 0 Å². The van der Waals surface area contributed by atoms with Crippen LogP contribution in [0, 0.1) is 19.7 Å². The molecule has 0 saturated carbocycles. The molecule has 0 spiro atoms. The molecule has 1 rings (SSSR count). The number of halogens is 1. The summed E-state index contributed by atoms with van der Waals surface area (Å²) in [6.07, 6.45) is 0. The maximum Gasteiger partial charge on any atom is 0.128 e. The Bertz CT molecular complexity index is 289. The summed E-state index contributed by atoms with van der Waals surface area (Å²) in [6, 6.07) is 2.66. The summed E-state index contributed by atoms with van der Waals surface area (Å²) < 4.78 is 13.4. The average Bonchev–Trinajstić information content (AvgIpc) is 2.02. The molecule has 3 heteroatoms. The molecule has 1 unspecified atom stereocenters. The van der Waals surface area contributed by atoms with Crippen LogP contribution in [0.5, 0.6) is 0 Å². The van der Waals surface area contributed by atoms with Crippen molar-refractivity contribution in [1.82, 2.24) is 0 Å². The molecule has 2 nitrogen and oxygen atoms in total. The minimum absolute atomic E-state index is 0.235. The summed E-state index contributed by atoms with van der Waals surface area (Å²) in [4.78, 5) is 0. The van der Waals surface area contributed by atoms with Crippen LogP contribution in [-0.2, 0) is 0 Å². The van der Waals surface area contributed by atoms with E-state index in [9.17, 15) is 4.39 Å². The molecule has 1 aromatic carbocycles. The minimum Gasteiger partial charge on any atom is -0.394 e. The van der Waals surface area contributed by atoms with Crippen molar-refractivity contribution in [3.63, 3.8) is 0 Å². The van der Waals surface area contributed by atoms with Crippen LogP contribution in [0.2, 0.25) is 0 Å². The normalized spacial score (nSPS) is 13.0. The third-order valence-corrected chi connectivity index (χ3v) is 2.05. The number of aryl methyl sites for hydroxylation is 2. The van der Waals surface area contributed by atoms with Gasteiger partial charge >= 0.3 is 0 Å². The summed E-state index contributed by atoms with van der Waals surface area (Å²) in [5.41, 5.74) is 7.62. The average molecular weight is 183 g/mol. The van der Waals surface area contributed by atoms with E-state index in [0.29, 0.717) is 5.56 Å². The van der Waals surface area contributed by atoms with Crippen molar-refractivity contribution in [1.29, 1.82) is 0 Å². The number of rotatable bonds is 2. The monoisotopic (exact) mass is 183 g/mol.